The zero-order chi connectivity index (χ0) is 17.2. The van der Waals surface area contributed by atoms with Crippen LogP contribution in [0.1, 0.15) is 10.4 Å². The van der Waals surface area contributed by atoms with Crippen molar-refractivity contribution in [3.8, 4) is 0 Å². The van der Waals surface area contributed by atoms with Crippen molar-refractivity contribution in [2.75, 3.05) is 38.2 Å². The molecule has 1 heterocycles. The van der Waals surface area contributed by atoms with E-state index in [1.165, 1.54) is 7.11 Å². The number of esters is 1. The van der Waals surface area contributed by atoms with E-state index in [0.717, 1.165) is 21.1 Å². The van der Waals surface area contributed by atoms with Crippen molar-refractivity contribution in [2.45, 2.75) is 6.73 Å². The maximum absolute atomic E-state index is 12.0. The summed E-state index contributed by atoms with van der Waals surface area (Å²) in [5, 5.41) is 1.32. The molecule has 0 saturated carbocycles. The predicted molar refractivity (Wildman–Crippen MR) is 102 cm³/mol. The van der Waals surface area contributed by atoms with Gasteiger partial charge in [-0.3, -0.25) is 0 Å². The highest BCUT2D eigenvalue weighted by molar-refractivity contribution is 9.10. The molecule has 0 saturated heterocycles. The number of nitrogens with zero attached hydrogens (tertiary/aromatic N) is 1. The van der Waals surface area contributed by atoms with Gasteiger partial charge >= 0.3 is 5.97 Å². The van der Waals surface area contributed by atoms with Crippen LogP contribution in [0.3, 0.4) is 0 Å². The fourth-order valence-corrected chi connectivity index (χ4v) is 3.73. The highest BCUT2D eigenvalue weighted by atomic mass is 79.9. The Hall–Kier alpha value is -0.690. The van der Waals surface area contributed by atoms with E-state index in [9.17, 15) is 4.79 Å². The lowest BCUT2D eigenvalue weighted by molar-refractivity contribution is 0.0601. The number of ether oxygens (including phenoxy) is 2. The van der Waals surface area contributed by atoms with Gasteiger partial charge in [0, 0.05) is 21.8 Å². The zero-order valence-electron chi connectivity index (χ0n) is 13.7. The lowest BCUT2D eigenvalue weighted by atomic mass is 10.2. The molecular weight excluding hydrogens is 402 g/mol. The number of aromatic nitrogens is 1. The first-order valence-electron chi connectivity index (χ1n) is 7.03. The van der Waals surface area contributed by atoms with Gasteiger partial charge in [0.05, 0.1) is 29.8 Å². The Morgan fingerprint density at radius 3 is 2.65 bits per heavy atom. The molecule has 0 atom stereocenters. The van der Waals surface area contributed by atoms with Gasteiger partial charge in [-0.05, 0) is 30.9 Å². The van der Waals surface area contributed by atoms with Gasteiger partial charge < -0.3 is 14.0 Å². The number of hydrogen-bond donors (Lipinski definition) is 0. The van der Waals surface area contributed by atoms with E-state index in [0.29, 0.717) is 23.9 Å². The molecule has 0 amide bonds. The molecule has 0 N–H and O–H groups in total. The van der Waals surface area contributed by atoms with Crippen LogP contribution >= 0.6 is 37.6 Å². The number of methoxy groups -OCH3 is 1. The van der Waals surface area contributed by atoms with E-state index in [-0.39, 0.29) is 5.97 Å². The SMILES string of the molecule is COC(=O)c1cn(COCCS(C)(C)C)c2c(Cl)cc(Br)cc12. The molecule has 0 radical (unpaired) electrons. The number of carbonyl (C=O) groups excluding carboxylic acids is 1. The number of carbonyl (C=O) groups is 1. The molecule has 7 heteroatoms. The Morgan fingerprint density at radius 1 is 1.35 bits per heavy atom. The van der Waals surface area contributed by atoms with Gasteiger partial charge in [0.1, 0.15) is 6.73 Å². The summed E-state index contributed by atoms with van der Waals surface area (Å²) in [7, 11) is 0.781. The normalized spacial score (nSPS) is 12.6. The Balaban J connectivity index is 2.31. The van der Waals surface area contributed by atoms with E-state index in [1.54, 1.807) is 12.3 Å². The van der Waals surface area contributed by atoms with Crippen LogP contribution in [0.25, 0.3) is 10.9 Å². The summed E-state index contributed by atoms with van der Waals surface area (Å²) in [6.07, 6.45) is 8.50. The summed E-state index contributed by atoms with van der Waals surface area (Å²) in [5.41, 5.74) is 1.26. The van der Waals surface area contributed by atoms with Crippen molar-refractivity contribution in [3.05, 3.63) is 33.4 Å². The third-order valence-corrected chi connectivity index (χ3v) is 5.50. The van der Waals surface area contributed by atoms with Crippen LogP contribution in [0, 0.1) is 0 Å². The van der Waals surface area contributed by atoms with Crippen molar-refractivity contribution in [1.29, 1.82) is 0 Å². The Bertz CT molecular complexity index is 724. The van der Waals surface area contributed by atoms with E-state index >= 15 is 0 Å². The quantitative estimate of drug-likeness (QED) is 0.508. The molecule has 128 valence electrons. The van der Waals surface area contributed by atoms with Gasteiger partial charge in [-0.15, -0.1) is 0 Å². The van der Waals surface area contributed by atoms with Crippen molar-refractivity contribution in [2.24, 2.45) is 0 Å². The largest absolute Gasteiger partial charge is 0.465 e. The lowest BCUT2D eigenvalue weighted by Crippen LogP contribution is -2.09. The minimum absolute atomic E-state index is 0.352. The number of rotatable bonds is 6. The molecule has 0 aliphatic rings. The van der Waals surface area contributed by atoms with E-state index < -0.39 is 10.0 Å². The van der Waals surface area contributed by atoms with Crippen LogP contribution in [0.2, 0.25) is 5.02 Å². The van der Waals surface area contributed by atoms with Crippen molar-refractivity contribution in [3.63, 3.8) is 0 Å². The minimum Gasteiger partial charge on any atom is -0.465 e. The fourth-order valence-electron chi connectivity index (χ4n) is 2.20. The fraction of sp³-hybridized carbons (Fsp3) is 0.438. The summed E-state index contributed by atoms with van der Waals surface area (Å²) in [6, 6.07) is 3.67. The second kappa shape index (κ2) is 7.47. The third kappa shape index (κ3) is 4.66. The van der Waals surface area contributed by atoms with E-state index in [1.807, 2.05) is 10.6 Å². The van der Waals surface area contributed by atoms with Gasteiger partial charge in [0.2, 0.25) is 0 Å². The predicted octanol–water partition coefficient (Wildman–Crippen LogP) is 4.51. The molecule has 0 unspecified atom stereocenters. The van der Waals surface area contributed by atoms with Crippen LogP contribution < -0.4 is 0 Å². The minimum atomic E-state index is -0.588. The molecule has 4 nitrogen and oxygen atoms in total. The third-order valence-electron chi connectivity index (χ3n) is 3.37. The monoisotopic (exact) mass is 421 g/mol. The number of halogens is 2. The molecular formula is C16H21BrClNO3S. The van der Waals surface area contributed by atoms with Crippen LogP contribution in [-0.2, 0) is 16.2 Å². The van der Waals surface area contributed by atoms with Gasteiger partial charge in [0.25, 0.3) is 0 Å². The lowest BCUT2D eigenvalue weighted by Gasteiger charge is -2.24. The summed E-state index contributed by atoms with van der Waals surface area (Å²) in [5.74, 6) is 0.650. The van der Waals surface area contributed by atoms with Crippen LogP contribution in [0.5, 0.6) is 0 Å². The van der Waals surface area contributed by atoms with E-state index in [4.69, 9.17) is 21.1 Å². The zero-order valence-corrected chi connectivity index (χ0v) is 16.8. The first kappa shape index (κ1) is 18.6. The first-order valence-corrected chi connectivity index (χ1v) is 11.2. The second-order valence-corrected chi connectivity index (χ2v) is 12.0. The Kier molecular flexibility index (Phi) is 6.05. The number of hydrogen-bond acceptors (Lipinski definition) is 3. The van der Waals surface area contributed by atoms with Crippen molar-refractivity contribution in [1.82, 2.24) is 4.57 Å². The molecule has 1 aromatic heterocycles. The summed E-state index contributed by atoms with van der Waals surface area (Å²) in [6.45, 7) is 1.03. The van der Waals surface area contributed by atoms with Crippen LogP contribution in [0.15, 0.2) is 22.8 Å². The van der Waals surface area contributed by atoms with Crippen LogP contribution in [-0.4, -0.2) is 48.8 Å². The highest BCUT2D eigenvalue weighted by Crippen LogP contribution is 2.34. The smallest absolute Gasteiger partial charge is 0.340 e. The molecule has 1 aromatic carbocycles. The standard InChI is InChI=1S/C16H21BrClNO3S/c1-21-16(20)13-9-19(10-22-5-6-23(2,3)4)15-12(13)7-11(17)8-14(15)18/h7-9H,5-6,10H2,1-4H3. The molecule has 0 aliphatic carbocycles. The molecule has 2 aromatic rings. The van der Waals surface area contributed by atoms with Crippen molar-refractivity contribution >= 4 is 54.4 Å². The summed E-state index contributed by atoms with van der Waals surface area (Å²) >= 11 is 9.77. The van der Waals surface area contributed by atoms with Gasteiger partial charge in [0.15, 0.2) is 0 Å². The average molecular weight is 423 g/mol. The second-order valence-electron chi connectivity index (χ2n) is 6.12. The Labute approximate surface area is 151 Å². The average Bonchev–Trinajstić information content (AvgIpc) is 2.80. The van der Waals surface area contributed by atoms with Gasteiger partial charge in [-0.2, -0.15) is 0 Å². The van der Waals surface area contributed by atoms with Gasteiger partial charge in [-0.1, -0.05) is 27.5 Å². The number of benzene rings is 1. The molecule has 0 fully saturated rings. The van der Waals surface area contributed by atoms with E-state index in [2.05, 4.69) is 34.7 Å². The first-order chi connectivity index (χ1) is 10.7. The molecule has 0 spiro atoms. The van der Waals surface area contributed by atoms with Gasteiger partial charge in [-0.25, -0.2) is 14.8 Å². The maximum Gasteiger partial charge on any atom is 0.340 e. The maximum atomic E-state index is 12.0. The summed E-state index contributed by atoms with van der Waals surface area (Å²) < 4.78 is 13.3. The van der Waals surface area contributed by atoms with Crippen molar-refractivity contribution < 1.29 is 14.3 Å². The topological polar surface area (TPSA) is 40.5 Å². The summed E-state index contributed by atoms with van der Waals surface area (Å²) in [4.78, 5) is 12.0. The Morgan fingerprint density at radius 2 is 2.04 bits per heavy atom. The molecule has 2 rings (SSSR count). The molecule has 23 heavy (non-hydrogen) atoms. The highest BCUT2D eigenvalue weighted by Gasteiger charge is 2.18. The number of fused-ring (bicyclic) bond motifs is 1. The molecule has 0 bridgehead atoms. The molecule has 0 aliphatic heterocycles. The van der Waals surface area contributed by atoms with Crippen LogP contribution in [0.4, 0.5) is 0 Å².